The largest absolute Gasteiger partial charge is 0.348 e. The van der Waals surface area contributed by atoms with Crippen molar-refractivity contribution in [2.75, 3.05) is 17.7 Å². The number of halogens is 1. The van der Waals surface area contributed by atoms with Gasteiger partial charge in [0.05, 0.1) is 11.6 Å². The number of anilines is 1. The highest BCUT2D eigenvalue weighted by Crippen LogP contribution is 2.37. The lowest BCUT2D eigenvalue weighted by Gasteiger charge is -2.45. The summed E-state index contributed by atoms with van der Waals surface area (Å²) in [5.74, 6) is -0.149. The number of nitrogens with two attached hydrogens (primary N) is 1. The Bertz CT molecular complexity index is 995. The van der Waals surface area contributed by atoms with E-state index in [0.29, 0.717) is 35.7 Å². The molecule has 0 radical (unpaired) electrons. The molecule has 2 atom stereocenters. The summed E-state index contributed by atoms with van der Waals surface area (Å²) >= 11 is 0. The minimum atomic E-state index is -3.67. The van der Waals surface area contributed by atoms with E-state index in [4.69, 9.17) is 10.3 Å². The first-order valence-corrected chi connectivity index (χ1v) is 10.1. The summed E-state index contributed by atoms with van der Waals surface area (Å²) in [7, 11) is -3.67. The molecule has 142 valence electrons. The van der Waals surface area contributed by atoms with Crippen LogP contribution in [0.4, 0.5) is 10.2 Å². The van der Waals surface area contributed by atoms with Crippen molar-refractivity contribution in [3.8, 4) is 0 Å². The Morgan fingerprint density at radius 1 is 1.38 bits per heavy atom. The van der Waals surface area contributed by atoms with Crippen molar-refractivity contribution in [2.45, 2.75) is 37.9 Å². The van der Waals surface area contributed by atoms with Gasteiger partial charge in [0, 0.05) is 36.9 Å². The van der Waals surface area contributed by atoms with Crippen molar-refractivity contribution >= 4 is 27.0 Å². The van der Waals surface area contributed by atoms with Gasteiger partial charge in [0.25, 0.3) is 10.1 Å². The molecule has 2 fully saturated rings. The Hall–Kier alpha value is -2.04. The van der Waals surface area contributed by atoms with Gasteiger partial charge in [0.15, 0.2) is 17.1 Å². The third-order valence-corrected chi connectivity index (χ3v) is 4.57. The van der Waals surface area contributed by atoms with Crippen molar-refractivity contribution in [3.05, 3.63) is 34.4 Å². The van der Waals surface area contributed by atoms with Crippen LogP contribution in [0.3, 0.4) is 0 Å². The Kier molecular flexibility index (Phi) is 4.76. The van der Waals surface area contributed by atoms with Crippen LogP contribution in [0.15, 0.2) is 23.1 Å². The number of nitrogens with zero attached hydrogens (tertiary/aromatic N) is 3. The first-order chi connectivity index (χ1) is 12.1. The molecular formula is C16H21FN4O4S. The van der Waals surface area contributed by atoms with Gasteiger partial charge < -0.3 is 15.2 Å². The van der Waals surface area contributed by atoms with Crippen molar-refractivity contribution < 1.29 is 17.4 Å². The molecule has 0 spiro atoms. The molecule has 2 aromatic rings. The molecule has 0 amide bonds. The van der Waals surface area contributed by atoms with Gasteiger partial charge in [-0.1, -0.05) is 0 Å². The number of hydrogen-bond acceptors (Lipinski definition) is 6. The molecule has 3 heterocycles. The highest BCUT2D eigenvalue weighted by atomic mass is 32.2. The summed E-state index contributed by atoms with van der Waals surface area (Å²) in [5.41, 5.74) is 6.27. The molecule has 3 N–H and O–H groups in total. The molecule has 0 bridgehead atoms. The van der Waals surface area contributed by atoms with Crippen LogP contribution in [0.5, 0.6) is 0 Å². The van der Waals surface area contributed by atoms with E-state index in [9.17, 15) is 17.6 Å². The maximum absolute atomic E-state index is 14.3. The molecule has 10 heteroatoms. The fourth-order valence-electron chi connectivity index (χ4n) is 2.92. The number of rotatable bonds is 2. The van der Waals surface area contributed by atoms with Gasteiger partial charge in [0.1, 0.15) is 5.65 Å². The van der Waals surface area contributed by atoms with Crippen molar-refractivity contribution in [1.29, 1.82) is 0 Å². The average Bonchev–Trinajstić information content (AvgIpc) is 3.36. The predicted molar refractivity (Wildman–Crippen MR) is 96.5 cm³/mol. The lowest BCUT2D eigenvalue weighted by molar-refractivity contribution is 0.395. The second kappa shape index (κ2) is 6.60. The summed E-state index contributed by atoms with van der Waals surface area (Å²) < 4.78 is 42.2. The topological polar surface area (TPSA) is 119 Å². The first kappa shape index (κ1) is 18.7. The fourth-order valence-corrected chi connectivity index (χ4v) is 2.92. The minimum Gasteiger partial charge on any atom is -0.348 e. The average molecular weight is 384 g/mol. The van der Waals surface area contributed by atoms with Crippen LogP contribution in [0.25, 0.3) is 11.0 Å². The van der Waals surface area contributed by atoms with E-state index in [1.54, 1.807) is 6.20 Å². The number of pyridine rings is 2. The monoisotopic (exact) mass is 384 g/mol. The van der Waals surface area contributed by atoms with E-state index < -0.39 is 15.9 Å². The Morgan fingerprint density at radius 2 is 2.00 bits per heavy atom. The number of hydrogen-bond donors (Lipinski definition) is 2. The molecule has 26 heavy (non-hydrogen) atoms. The van der Waals surface area contributed by atoms with Crippen molar-refractivity contribution in [1.82, 2.24) is 9.55 Å². The maximum Gasteiger partial charge on any atom is 0.261 e. The molecule has 1 saturated carbocycles. The lowest BCUT2D eigenvalue weighted by atomic mass is 9.99. The predicted octanol–water partition coefficient (Wildman–Crippen LogP) is 0.910. The summed E-state index contributed by atoms with van der Waals surface area (Å²) in [6.07, 6.45) is 4.64. The van der Waals surface area contributed by atoms with Crippen LogP contribution in [0.1, 0.15) is 25.8 Å². The highest BCUT2D eigenvalue weighted by Gasteiger charge is 2.35. The van der Waals surface area contributed by atoms with E-state index in [2.05, 4.69) is 4.98 Å². The van der Waals surface area contributed by atoms with Gasteiger partial charge in [-0.15, -0.1) is 0 Å². The molecule has 4 rings (SSSR count). The van der Waals surface area contributed by atoms with Crippen LogP contribution in [0, 0.1) is 5.82 Å². The molecule has 8 nitrogen and oxygen atoms in total. The van der Waals surface area contributed by atoms with Crippen LogP contribution >= 0.6 is 0 Å². The molecule has 0 aromatic carbocycles. The summed E-state index contributed by atoms with van der Waals surface area (Å²) in [6.45, 7) is 2.55. The molecule has 1 saturated heterocycles. The molecule has 0 unspecified atom stereocenters. The third-order valence-electron chi connectivity index (χ3n) is 4.57. The van der Waals surface area contributed by atoms with Crippen molar-refractivity contribution in [3.63, 3.8) is 0 Å². The van der Waals surface area contributed by atoms with Crippen LogP contribution < -0.4 is 16.1 Å². The fraction of sp³-hybridized carbons (Fsp3) is 0.500. The van der Waals surface area contributed by atoms with Crippen LogP contribution in [-0.2, 0) is 10.1 Å². The number of fused-ring (bicyclic) bond motifs is 1. The second-order valence-electron chi connectivity index (χ2n) is 6.77. The SMILES string of the molecule is CS(=O)(=O)O.C[C@H]1[C@H](N)CN1c1nc2c(cc1F)c(=O)ccn2C1CC1. The van der Waals surface area contributed by atoms with E-state index >= 15 is 0 Å². The minimum absolute atomic E-state index is 0.0447. The van der Waals surface area contributed by atoms with Gasteiger partial charge in [-0.3, -0.25) is 9.35 Å². The summed E-state index contributed by atoms with van der Waals surface area (Å²) in [5, 5.41) is 0.350. The Morgan fingerprint density at radius 3 is 2.50 bits per heavy atom. The van der Waals surface area contributed by atoms with Gasteiger partial charge in [0.2, 0.25) is 0 Å². The van der Waals surface area contributed by atoms with E-state index in [-0.39, 0.29) is 17.5 Å². The third kappa shape index (κ3) is 3.87. The highest BCUT2D eigenvalue weighted by molar-refractivity contribution is 7.85. The Labute approximate surface area is 150 Å². The summed E-state index contributed by atoms with van der Waals surface area (Å²) in [6, 6.07) is 3.30. The second-order valence-corrected chi connectivity index (χ2v) is 8.24. The van der Waals surface area contributed by atoms with Gasteiger partial charge in [-0.25, -0.2) is 9.37 Å². The standard InChI is InChI=1S/C15H17FN4O.CH4O3S/c1-8-12(17)7-20(8)15-11(16)6-10-13(21)4-5-19(9-2-3-9)14(10)18-15;1-5(2,3)4/h4-6,8-9,12H,2-3,7,17H2,1H3;1H3,(H,2,3,4)/t8-,12+;/m0./s1. The maximum atomic E-state index is 14.3. The summed E-state index contributed by atoms with van der Waals surface area (Å²) in [4.78, 5) is 18.3. The smallest absolute Gasteiger partial charge is 0.261 e. The molecular weight excluding hydrogens is 363 g/mol. The zero-order valence-electron chi connectivity index (χ0n) is 14.5. The van der Waals surface area contributed by atoms with Gasteiger partial charge >= 0.3 is 0 Å². The molecule has 1 aliphatic heterocycles. The molecule has 1 aliphatic carbocycles. The molecule has 2 aliphatic rings. The number of aromatic nitrogens is 2. The zero-order chi connectivity index (χ0) is 19.2. The van der Waals surface area contributed by atoms with Gasteiger partial charge in [-0.2, -0.15) is 8.42 Å². The van der Waals surface area contributed by atoms with Crippen LogP contribution in [0.2, 0.25) is 0 Å². The Balaban J connectivity index is 0.000000349. The lowest BCUT2D eigenvalue weighted by Crippen LogP contribution is -2.63. The van der Waals surface area contributed by atoms with Crippen LogP contribution in [-0.4, -0.2) is 47.4 Å². The quantitative estimate of drug-likeness (QED) is 0.739. The van der Waals surface area contributed by atoms with E-state index in [1.807, 2.05) is 16.4 Å². The van der Waals surface area contributed by atoms with Gasteiger partial charge in [-0.05, 0) is 25.8 Å². The first-order valence-electron chi connectivity index (χ1n) is 8.22. The molecule has 2 aromatic heterocycles. The van der Waals surface area contributed by atoms with Crippen molar-refractivity contribution in [2.24, 2.45) is 5.73 Å². The normalized spacial score (nSPS) is 22.6. The van der Waals surface area contributed by atoms with E-state index in [0.717, 1.165) is 12.8 Å². The zero-order valence-corrected chi connectivity index (χ0v) is 15.3. The van der Waals surface area contributed by atoms with E-state index in [1.165, 1.54) is 12.1 Å².